The van der Waals surface area contributed by atoms with Crippen LogP contribution in [-0.4, -0.2) is 29.5 Å². The molecule has 0 saturated heterocycles. The second-order valence-electron chi connectivity index (χ2n) is 5.32. The maximum atomic E-state index is 11.7. The molecular formula is C15H20N2O3. The van der Waals surface area contributed by atoms with E-state index in [1.165, 1.54) is 6.20 Å². The first kappa shape index (κ1) is 14.5. The van der Waals surface area contributed by atoms with Crippen molar-refractivity contribution in [3.05, 3.63) is 30.1 Å². The second kappa shape index (κ2) is 7.03. The maximum Gasteiger partial charge on any atom is 0.357 e. The zero-order valence-electron chi connectivity index (χ0n) is 11.7. The number of nitrogens with one attached hydrogen (secondary N) is 1. The van der Waals surface area contributed by atoms with Crippen molar-refractivity contribution >= 4 is 11.9 Å². The zero-order chi connectivity index (χ0) is 14.4. The van der Waals surface area contributed by atoms with Crippen molar-refractivity contribution in [2.45, 2.75) is 38.6 Å². The van der Waals surface area contributed by atoms with Crippen molar-refractivity contribution in [3.63, 3.8) is 0 Å². The normalized spacial score (nSPS) is 22.1. The molecule has 0 bridgehead atoms. The predicted molar refractivity (Wildman–Crippen MR) is 74.1 cm³/mol. The van der Waals surface area contributed by atoms with Crippen LogP contribution < -0.4 is 5.32 Å². The number of pyridine rings is 1. The number of hydrogen-bond donors (Lipinski definition) is 1. The van der Waals surface area contributed by atoms with Crippen molar-refractivity contribution in [2.75, 3.05) is 6.61 Å². The van der Waals surface area contributed by atoms with Crippen molar-refractivity contribution < 1.29 is 14.3 Å². The van der Waals surface area contributed by atoms with Gasteiger partial charge in [-0.15, -0.1) is 0 Å². The molecule has 0 spiro atoms. The minimum absolute atomic E-state index is 0.215. The molecule has 0 atom stereocenters. The van der Waals surface area contributed by atoms with Crippen LogP contribution in [0.25, 0.3) is 0 Å². The highest BCUT2D eigenvalue weighted by atomic mass is 16.5. The van der Waals surface area contributed by atoms with Gasteiger partial charge in [0, 0.05) is 12.2 Å². The highest BCUT2D eigenvalue weighted by molar-refractivity contribution is 5.89. The van der Waals surface area contributed by atoms with Gasteiger partial charge in [0.15, 0.2) is 6.61 Å². The number of ether oxygens (including phenoxy) is 1. The number of rotatable bonds is 4. The van der Waals surface area contributed by atoms with Crippen molar-refractivity contribution in [3.8, 4) is 0 Å². The topological polar surface area (TPSA) is 68.3 Å². The highest BCUT2D eigenvalue weighted by Gasteiger charge is 2.20. The molecule has 1 fully saturated rings. The molecule has 0 aliphatic heterocycles. The fraction of sp³-hybridized carbons (Fsp3) is 0.533. The van der Waals surface area contributed by atoms with Gasteiger partial charge in [-0.3, -0.25) is 4.79 Å². The van der Waals surface area contributed by atoms with E-state index in [1.807, 2.05) is 0 Å². The lowest BCUT2D eigenvalue weighted by molar-refractivity contribution is -0.125. The maximum absolute atomic E-state index is 11.7. The zero-order valence-corrected chi connectivity index (χ0v) is 11.7. The van der Waals surface area contributed by atoms with Crippen LogP contribution in [0.2, 0.25) is 0 Å². The SMILES string of the molecule is CC1CCC(NC(=O)COC(=O)c2ccccn2)CC1. The first-order valence-electron chi connectivity index (χ1n) is 7.02. The Morgan fingerprint density at radius 2 is 2.05 bits per heavy atom. The van der Waals surface area contributed by atoms with Gasteiger partial charge in [-0.25, -0.2) is 9.78 Å². The monoisotopic (exact) mass is 276 g/mol. The summed E-state index contributed by atoms with van der Waals surface area (Å²) in [6.45, 7) is 1.98. The fourth-order valence-corrected chi connectivity index (χ4v) is 2.36. The molecule has 1 heterocycles. The van der Waals surface area contributed by atoms with E-state index in [1.54, 1.807) is 18.2 Å². The van der Waals surface area contributed by atoms with Gasteiger partial charge in [0.05, 0.1) is 0 Å². The number of aromatic nitrogens is 1. The summed E-state index contributed by atoms with van der Waals surface area (Å²) in [5.74, 6) is -0.0722. The lowest BCUT2D eigenvalue weighted by Gasteiger charge is -2.26. The van der Waals surface area contributed by atoms with Crippen molar-refractivity contribution in [1.29, 1.82) is 0 Å². The number of amides is 1. The summed E-state index contributed by atoms with van der Waals surface area (Å²) >= 11 is 0. The van der Waals surface area contributed by atoms with E-state index in [4.69, 9.17) is 4.74 Å². The minimum Gasteiger partial charge on any atom is -0.451 e. The predicted octanol–water partition coefficient (Wildman–Crippen LogP) is 1.93. The molecule has 5 heteroatoms. The van der Waals surface area contributed by atoms with E-state index in [9.17, 15) is 9.59 Å². The van der Waals surface area contributed by atoms with Gasteiger partial charge in [-0.1, -0.05) is 13.0 Å². The van der Waals surface area contributed by atoms with E-state index in [0.29, 0.717) is 0 Å². The van der Waals surface area contributed by atoms with Crippen LogP contribution in [0, 0.1) is 5.92 Å². The number of esters is 1. The van der Waals surface area contributed by atoms with Gasteiger partial charge in [0.25, 0.3) is 5.91 Å². The third-order valence-electron chi connectivity index (χ3n) is 3.59. The van der Waals surface area contributed by atoms with Crippen LogP contribution in [0.5, 0.6) is 0 Å². The molecule has 20 heavy (non-hydrogen) atoms. The third-order valence-corrected chi connectivity index (χ3v) is 3.59. The smallest absolute Gasteiger partial charge is 0.357 e. The molecule has 1 saturated carbocycles. The first-order chi connectivity index (χ1) is 9.65. The molecule has 1 aromatic heterocycles. The summed E-state index contributed by atoms with van der Waals surface area (Å²) in [5, 5.41) is 2.91. The molecule has 108 valence electrons. The molecular weight excluding hydrogens is 256 g/mol. The lowest BCUT2D eigenvalue weighted by atomic mass is 9.87. The van der Waals surface area contributed by atoms with Gasteiger partial charge in [-0.05, 0) is 43.7 Å². The van der Waals surface area contributed by atoms with E-state index in [0.717, 1.165) is 31.6 Å². The molecule has 5 nitrogen and oxygen atoms in total. The summed E-state index contributed by atoms with van der Waals surface area (Å²) < 4.78 is 4.94. The van der Waals surface area contributed by atoms with E-state index in [2.05, 4.69) is 17.2 Å². The lowest BCUT2D eigenvalue weighted by Crippen LogP contribution is -2.39. The largest absolute Gasteiger partial charge is 0.451 e. The molecule has 2 rings (SSSR count). The van der Waals surface area contributed by atoms with Crippen LogP contribution in [0.4, 0.5) is 0 Å². The fourth-order valence-electron chi connectivity index (χ4n) is 2.36. The molecule has 0 unspecified atom stereocenters. The van der Waals surface area contributed by atoms with Crippen LogP contribution in [-0.2, 0) is 9.53 Å². The molecule has 0 radical (unpaired) electrons. The van der Waals surface area contributed by atoms with Gasteiger partial charge < -0.3 is 10.1 Å². The summed E-state index contributed by atoms with van der Waals surface area (Å²) in [5.41, 5.74) is 0.215. The van der Waals surface area contributed by atoms with Gasteiger partial charge in [0.1, 0.15) is 5.69 Å². The van der Waals surface area contributed by atoms with Crippen LogP contribution >= 0.6 is 0 Å². The number of carbonyl (C=O) groups is 2. The quantitative estimate of drug-likeness (QED) is 0.853. The summed E-state index contributed by atoms with van der Waals surface area (Å²) in [7, 11) is 0. The summed E-state index contributed by atoms with van der Waals surface area (Å²) in [6, 6.07) is 5.19. The Morgan fingerprint density at radius 3 is 2.70 bits per heavy atom. The Bertz CT molecular complexity index is 453. The summed E-state index contributed by atoms with van der Waals surface area (Å²) in [4.78, 5) is 27.2. The number of hydrogen-bond acceptors (Lipinski definition) is 4. The molecule has 1 aliphatic rings. The third kappa shape index (κ3) is 4.33. The molecule has 1 amide bonds. The standard InChI is InChI=1S/C15H20N2O3/c1-11-5-7-12(8-6-11)17-14(18)10-20-15(19)13-4-2-3-9-16-13/h2-4,9,11-12H,5-8,10H2,1H3,(H,17,18). The second-order valence-corrected chi connectivity index (χ2v) is 5.32. The van der Waals surface area contributed by atoms with Crippen LogP contribution in [0.3, 0.4) is 0 Å². The van der Waals surface area contributed by atoms with E-state index in [-0.39, 0.29) is 24.2 Å². The Hall–Kier alpha value is -1.91. The van der Waals surface area contributed by atoms with Gasteiger partial charge in [-0.2, -0.15) is 0 Å². The Morgan fingerprint density at radius 1 is 1.30 bits per heavy atom. The van der Waals surface area contributed by atoms with Crippen molar-refractivity contribution in [2.24, 2.45) is 5.92 Å². The van der Waals surface area contributed by atoms with Crippen molar-refractivity contribution in [1.82, 2.24) is 10.3 Å². The van der Waals surface area contributed by atoms with Crippen LogP contribution in [0.1, 0.15) is 43.1 Å². The first-order valence-corrected chi connectivity index (χ1v) is 7.02. The Kier molecular flexibility index (Phi) is 5.09. The average Bonchev–Trinajstić information content (AvgIpc) is 2.48. The molecule has 1 N–H and O–H groups in total. The van der Waals surface area contributed by atoms with Gasteiger partial charge >= 0.3 is 5.97 Å². The van der Waals surface area contributed by atoms with E-state index >= 15 is 0 Å². The highest BCUT2D eigenvalue weighted by Crippen LogP contribution is 2.23. The number of nitrogens with zero attached hydrogens (tertiary/aromatic N) is 1. The summed E-state index contributed by atoms with van der Waals surface area (Å²) in [6.07, 6.45) is 5.79. The van der Waals surface area contributed by atoms with Gasteiger partial charge in [0.2, 0.25) is 0 Å². The Labute approximate surface area is 118 Å². The molecule has 0 aromatic carbocycles. The van der Waals surface area contributed by atoms with E-state index < -0.39 is 5.97 Å². The minimum atomic E-state index is -0.571. The average molecular weight is 276 g/mol. The molecule has 1 aliphatic carbocycles. The number of carbonyl (C=O) groups excluding carboxylic acids is 2. The Balaban J connectivity index is 1.71. The molecule has 1 aromatic rings. The van der Waals surface area contributed by atoms with Crippen LogP contribution in [0.15, 0.2) is 24.4 Å².